The standard InChI is InChI=1S/C17H21NO/c1-12-6-5-7-13(2)17(12)18-14(3)15-8-10-16(19-4)11-9-15/h5-11,14,18H,1-4H3/t14-/m1/s1. The van der Waals surface area contributed by atoms with E-state index in [1.807, 2.05) is 12.1 Å². The molecule has 2 aromatic carbocycles. The van der Waals surface area contributed by atoms with E-state index < -0.39 is 0 Å². The molecule has 0 saturated carbocycles. The first-order valence-electron chi connectivity index (χ1n) is 6.58. The molecule has 0 heterocycles. The van der Waals surface area contributed by atoms with Gasteiger partial charge < -0.3 is 10.1 Å². The summed E-state index contributed by atoms with van der Waals surface area (Å²) in [5, 5.41) is 3.59. The average molecular weight is 255 g/mol. The van der Waals surface area contributed by atoms with E-state index >= 15 is 0 Å². The Morgan fingerprint density at radius 1 is 0.947 bits per heavy atom. The van der Waals surface area contributed by atoms with Gasteiger partial charge in [-0.25, -0.2) is 0 Å². The summed E-state index contributed by atoms with van der Waals surface area (Å²) in [4.78, 5) is 0. The number of ether oxygens (including phenoxy) is 1. The molecular weight excluding hydrogens is 234 g/mol. The first kappa shape index (κ1) is 13.5. The van der Waals surface area contributed by atoms with E-state index in [4.69, 9.17) is 4.74 Å². The highest BCUT2D eigenvalue weighted by molar-refractivity contribution is 5.57. The van der Waals surface area contributed by atoms with Gasteiger partial charge in [0.15, 0.2) is 0 Å². The van der Waals surface area contributed by atoms with Gasteiger partial charge in [0, 0.05) is 11.7 Å². The predicted octanol–water partition coefficient (Wildman–Crippen LogP) is 4.49. The number of para-hydroxylation sites is 1. The Morgan fingerprint density at radius 2 is 1.53 bits per heavy atom. The summed E-state index contributed by atoms with van der Waals surface area (Å²) in [6.07, 6.45) is 0. The van der Waals surface area contributed by atoms with Crippen LogP contribution < -0.4 is 10.1 Å². The summed E-state index contributed by atoms with van der Waals surface area (Å²) >= 11 is 0. The fourth-order valence-corrected chi connectivity index (χ4v) is 2.23. The van der Waals surface area contributed by atoms with Gasteiger partial charge in [0.2, 0.25) is 0 Å². The largest absolute Gasteiger partial charge is 0.497 e. The smallest absolute Gasteiger partial charge is 0.118 e. The van der Waals surface area contributed by atoms with Crippen LogP contribution in [0.5, 0.6) is 5.75 Å². The van der Waals surface area contributed by atoms with Gasteiger partial charge >= 0.3 is 0 Å². The molecule has 0 unspecified atom stereocenters. The summed E-state index contributed by atoms with van der Waals surface area (Å²) in [5.74, 6) is 0.892. The van der Waals surface area contributed by atoms with E-state index in [9.17, 15) is 0 Å². The van der Waals surface area contributed by atoms with Crippen LogP contribution in [-0.4, -0.2) is 7.11 Å². The van der Waals surface area contributed by atoms with Crippen LogP contribution >= 0.6 is 0 Å². The Hall–Kier alpha value is -1.96. The van der Waals surface area contributed by atoms with Crippen LogP contribution in [0.2, 0.25) is 0 Å². The molecule has 0 bridgehead atoms. The van der Waals surface area contributed by atoms with Gasteiger partial charge in [0.25, 0.3) is 0 Å². The van der Waals surface area contributed by atoms with Crippen molar-refractivity contribution in [1.82, 2.24) is 0 Å². The molecule has 1 N–H and O–H groups in total. The van der Waals surface area contributed by atoms with Crippen LogP contribution in [0, 0.1) is 13.8 Å². The number of aryl methyl sites for hydroxylation is 2. The van der Waals surface area contributed by atoms with Gasteiger partial charge in [-0.05, 0) is 49.6 Å². The molecule has 0 amide bonds. The summed E-state index contributed by atoms with van der Waals surface area (Å²) in [5.41, 5.74) is 5.04. The minimum Gasteiger partial charge on any atom is -0.497 e. The first-order valence-corrected chi connectivity index (χ1v) is 6.58. The van der Waals surface area contributed by atoms with Crippen molar-refractivity contribution in [3.63, 3.8) is 0 Å². The quantitative estimate of drug-likeness (QED) is 0.869. The molecule has 0 fully saturated rings. The molecule has 100 valence electrons. The second-order valence-electron chi connectivity index (χ2n) is 4.91. The summed E-state index contributed by atoms with van der Waals surface area (Å²) in [7, 11) is 1.69. The van der Waals surface area contributed by atoms with Crippen molar-refractivity contribution in [2.75, 3.05) is 12.4 Å². The van der Waals surface area contributed by atoms with Gasteiger partial charge in [0.05, 0.1) is 7.11 Å². The van der Waals surface area contributed by atoms with E-state index in [0.717, 1.165) is 5.75 Å². The lowest BCUT2D eigenvalue weighted by Crippen LogP contribution is -2.08. The highest BCUT2D eigenvalue weighted by Gasteiger charge is 2.08. The monoisotopic (exact) mass is 255 g/mol. The van der Waals surface area contributed by atoms with Crippen molar-refractivity contribution in [2.24, 2.45) is 0 Å². The van der Waals surface area contributed by atoms with E-state index in [2.05, 4.69) is 56.4 Å². The molecule has 0 saturated heterocycles. The minimum atomic E-state index is 0.269. The normalized spacial score (nSPS) is 12.0. The number of nitrogens with one attached hydrogen (secondary N) is 1. The van der Waals surface area contributed by atoms with Crippen molar-refractivity contribution in [3.05, 3.63) is 59.2 Å². The van der Waals surface area contributed by atoms with Crippen molar-refractivity contribution >= 4 is 5.69 Å². The number of anilines is 1. The summed E-state index contributed by atoms with van der Waals surface area (Å²) in [6, 6.07) is 14.8. The van der Waals surface area contributed by atoms with Crippen LogP contribution in [0.25, 0.3) is 0 Å². The fourth-order valence-electron chi connectivity index (χ4n) is 2.23. The number of methoxy groups -OCH3 is 1. The van der Waals surface area contributed by atoms with Crippen LogP contribution in [0.4, 0.5) is 5.69 Å². The van der Waals surface area contributed by atoms with Gasteiger partial charge in [-0.3, -0.25) is 0 Å². The zero-order valence-corrected chi connectivity index (χ0v) is 12.0. The Labute approximate surface area is 115 Å². The molecule has 1 atom stereocenters. The van der Waals surface area contributed by atoms with Crippen molar-refractivity contribution in [1.29, 1.82) is 0 Å². The molecule has 0 radical (unpaired) electrons. The Bertz CT molecular complexity index is 525. The van der Waals surface area contributed by atoms with Gasteiger partial charge in [-0.1, -0.05) is 30.3 Å². The topological polar surface area (TPSA) is 21.3 Å². The van der Waals surface area contributed by atoms with Crippen LogP contribution in [-0.2, 0) is 0 Å². The van der Waals surface area contributed by atoms with Crippen LogP contribution in [0.15, 0.2) is 42.5 Å². The lowest BCUT2D eigenvalue weighted by Gasteiger charge is -2.19. The molecule has 0 aromatic heterocycles. The predicted molar refractivity (Wildman–Crippen MR) is 80.9 cm³/mol. The van der Waals surface area contributed by atoms with Crippen molar-refractivity contribution in [3.8, 4) is 5.75 Å². The Morgan fingerprint density at radius 3 is 2.05 bits per heavy atom. The van der Waals surface area contributed by atoms with Crippen molar-refractivity contribution < 1.29 is 4.74 Å². The molecule has 2 rings (SSSR count). The molecule has 0 aliphatic rings. The summed E-state index contributed by atoms with van der Waals surface area (Å²) < 4.78 is 5.19. The maximum atomic E-state index is 5.19. The zero-order valence-electron chi connectivity index (χ0n) is 12.0. The number of rotatable bonds is 4. The third kappa shape index (κ3) is 3.08. The third-order valence-corrected chi connectivity index (χ3v) is 3.46. The zero-order chi connectivity index (χ0) is 13.8. The Balaban J connectivity index is 2.18. The molecular formula is C17H21NO. The summed E-state index contributed by atoms with van der Waals surface area (Å²) in [6.45, 7) is 6.44. The molecule has 0 aliphatic carbocycles. The van der Waals surface area contributed by atoms with E-state index in [-0.39, 0.29) is 6.04 Å². The van der Waals surface area contributed by atoms with E-state index in [1.54, 1.807) is 7.11 Å². The van der Waals surface area contributed by atoms with Gasteiger partial charge in [-0.2, -0.15) is 0 Å². The first-order chi connectivity index (χ1) is 9.11. The third-order valence-electron chi connectivity index (χ3n) is 3.46. The number of hydrogen-bond donors (Lipinski definition) is 1. The lowest BCUT2D eigenvalue weighted by molar-refractivity contribution is 0.414. The molecule has 2 nitrogen and oxygen atoms in total. The van der Waals surface area contributed by atoms with E-state index in [0.29, 0.717) is 0 Å². The molecule has 2 aromatic rings. The molecule has 0 aliphatic heterocycles. The van der Waals surface area contributed by atoms with Gasteiger partial charge in [-0.15, -0.1) is 0 Å². The molecule has 0 spiro atoms. The minimum absolute atomic E-state index is 0.269. The highest BCUT2D eigenvalue weighted by atomic mass is 16.5. The molecule has 2 heteroatoms. The number of hydrogen-bond acceptors (Lipinski definition) is 2. The SMILES string of the molecule is COc1ccc([C@@H](C)Nc2c(C)cccc2C)cc1. The van der Waals surface area contributed by atoms with Gasteiger partial charge in [0.1, 0.15) is 5.75 Å². The average Bonchev–Trinajstić information content (AvgIpc) is 2.43. The number of benzene rings is 2. The maximum Gasteiger partial charge on any atom is 0.118 e. The van der Waals surface area contributed by atoms with Crippen LogP contribution in [0.1, 0.15) is 29.7 Å². The Kier molecular flexibility index (Phi) is 4.10. The molecule has 19 heavy (non-hydrogen) atoms. The maximum absolute atomic E-state index is 5.19. The van der Waals surface area contributed by atoms with Crippen molar-refractivity contribution in [2.45, 2.75) is 26.8 Å². The fraction of sp³-hybridized carbons (Fsp3) is 0.294. The lowest BCUT2D eigenvalue weighted by atomic mass is 10.0. The second kappa shape index (κ2) is 5.79. The second-order valence-corrected chi connectivity index (χ2v) is 4.91. The highest BCUT2D eigenvalue weighted by Crippen LogP contribution is 2.26. The van der Waals surface area contributed by atoms with Crippen LogP contribution in [0.3, 0.4) is 0 Å². The van der Waals surface area contributed by atoms with E-state index in [1.165, 1.54) is 22.4 Å².